The Balaban J connectivity index is 2.62. The normalized spacial score (nSPS) is 14.6. The third-order valence-corrected chi connectivity index (χ3v) is 1.88. The first-order valence-electron chi connectivity index (χ1n) is 3.74. The van der Waals surface area contributed by atoms with Crippen molar-refractivity contribution in [3.8, 4) is 5.75 Å². The molecular formula is C9H9NO2. The average Bonchev–Trinajstić information content (AvgIpc) is 2.04. The van der Waals surface area contributed by atoms with Crippen LogP contribution in [0.1, 0.15) is 5.56 Å². The lowest BCUT2D eigenvalue weighted by molar-refractivity contribution is 0.261. The van der Waals surface area contributed by atoms with Crippen molar-refractivity contribution in [2.24, 2.45) is 0 Å². The summed E-state index contributed by atoms with van der Waals surface area (Å²) in [6, 6.07) is 5.15. The number of phenolic OH excluding ortho intramolecular Hbond substituents is 1. The topological polar surface area (TPSA) is 43.7 Å². The Labute approximate surface area is 70.1 Å². The van der Waals surface area contributed by atoms with Crippen molar-refractivity contribution in [2.75, 3.05) is 11.6 Å². The van der Waals surface area contributed by atoms with Crippen LogP contribution in [0, 0.1) is 0 Å². The number of anilines is 1. The first-order valence-corrected chi connectivity index (χ1v) is 3.74. The van der Waals surface area contributed by atoms with E-state index < -0.39 is 0 Å². The van der Waals surface area contributed by atoms with E-state index in [-0.39, 0.29) is 5.75 Å². The Bertz CT molecular complexity index is 333. The Morgan fingerprint density at radius 2 is 2.17 bits per heavy atom. The SMILES string of the molecule is Oc1cccc2c1N(O)CC=C2. The van der Waals surface area contributed by atoms with E-state index in [4.69, 9.17) is 0 Å². The van der Waals surface area contributed by atoms with Gasteiger partial charge in [0.1, 0.15) is 11.4 Å². The molecule has 0 bridgehead atoms. The first-order chi connectivity index (χ1) is 5.79. The van der Waals surface area contributed by atoms with Gasteiger partial charge in [-0.15, -0.1) is 0 Å². The molecular weight excluding hydrogens is 154 g/mol. The third-order valence-electron chi connectivity index (χ3n) is 1.88. The van der Waals surface area contributed by atoms with Crippen LogP contribution in [-0.2, 0) is 0 Å². The maximum atomic E-state index is 9.39. The molecule has 1 aliphatic heterocycles. The minimum Gasteiger partial charge on any atom is -0.506 e. The quantitative estimate of drug-likeness (QED) is 0.610. The number of phenols is 1. The number of hydroxylamine groups is 1. The molecule has 0 saturated carbocycles. The van der Waals surface area contributed by atoms with Gasteiger partial charge in [-0.3, -0.25) is 5.21 Å². The summed E-state index contributed by atoms with van der Waals surface area (Å²) < 4.78 is 0. The van der Waals surface area contributed by atoms with Crippen molar-refractivity contribution in [1.82, 2.24) is 0 Å². The zero-order valence-corrected chi connectivity index (χ0v) is 6.44. The number of hydrogen-bond acceptors (Lipinski definition) is 3. The van der Waals surface area contributed by atoms with Crippen molar-refractivity contribution in [3.63, 3.8) is 0 Å². The van der Waals surface area contributed by atoms with Crippen LogP contribution in [0.4, 0.5) is 5.69 Å². The lowest BCUT2D eigenvalue weighted by Crippen LogP contribution is -2.21. The third kappa shape index (κ3) is 0.950. The fourth-order valence-corrected chi connectivity index (χ4v) is 1.34. The zero-order chi connectivity index (χ0) is 8.55. The van der Waals surface area contributed by atoms with Gasteiger partial charge in [0.2, 0.25) is 0 Å². The monoisotopic (exact) mass is 163 g/mol. The molecule has 0 amide bonds. The highest BCUT2D eigenvalue weighted by Gasteiger charge is 2.14. The molecule has 0 fully saturated rings. The smallest absolute Gasteiger partial charge is 0.141 e. The molecule has 12 heavy (non-hydrogen) atoms. The number of hydrogen-bond donors (Lipinski definition) is 2. The second kappa shape index (κ2) is 2.53. The highest BCUT2D eigenvalue weighted by molar-refractivity contribution is 5.75. The predicted molar refractivity (Wildman–Crippen MR) is 46.3 cm³/mol. The second-order valence-electron chi connectivity index (χ2n) is 2.70. The molecule has 1 aromatic rings. The minimum atomic E-state index is 0.111. The van der Waals surface area contributed by atoms with E-state index in [0.717, 1.165) is 10.6 Å². The summed E-state index contributed by atoms with van der Waals surface area (Å²) in [5.41, 5.74) is 1.32. The number of rotatable bonds is 0. The van der Waals surface area contributed by atoms with E-state index in [0.29, 0.717) is 12.2 Å². The first kappa shape index (κ1) is 7.18. The van der Waals surface area contributed by atoms with Gasteiger partial charge in [-0.1, -0.05) is 24.3 Å². The van der Waals surface area contributed by atoms with Gasteiger partial charge < -0.3 is 5.11 Å². The summed E-state index contributed by atoms with van der Waals surface area (Å²) in [5, 5.41) is 19.8. The van der Waals surface area contributed by atoms with E-state index >= 15 is 0 Å². The number of benzene rings is 1. The summed E-state index contributed by atoms with van der Waals surface area (Å²) in [6.07, 6.45) is 3.71. The summed E-state index contributed by atoms with van der Waals surface area (Å²) >= 11 is 0. The van der Waals surface area contributed by atoms with Gasteiger partial charge in [-0.25, -0.2) is 5.06 Å². The molecule has 2 N–H and O–H groups in total. The Morgan fingerprint density at radius 3 is 2.92 bits per heavy atom. The van der Waals surface area contributed by atoms with Crippen LogP contribution in [0.25, 0.3) is 6.08 Å². The molecule has 3 nitrogen and oxygen atoms in total. The van der Waals surface area contributed by atoms with Crippen molar-refractivity contribution >= 4 is 11.8 Å². The number of para-hydroxylation sites is 1. The molecule has 0 spiro atoms. The zero-order valence-electron chi connectivity index (χ0n) is 6.44. The molecule has 0 unspecified atom stereocenters. The molecule has 1 heterocycles. The molecule has 3 heteroatoms. The Hall–Kier alpha value is -1.48. The van der Waals surface area contributed by atoms with Crippen LogP contribution in [0.2, 0.25) is 0 Å². The number of fused-ring (bicyclic) bond motifs is 1. The number of nitrogens with zero attached hydrogens (tertiary/aromatic N) is 1. The molecule has 1 aliphatic rings. The van der Waals surface area contributed by atoms with Gasteiger partial charge in [0.25, 0.3) is 0 Å². The summed E-state index contributed by atoms with van der Waals surface area (Å²) in [4.78, 5) is 0. The van der Waals surface area contributed by atoms with E-state index in [9.17, 15) is 10.3 Å². The molecule has 0 aromatic heterocycles. The van der Waals surface area contributed by atoms with Gasteiger partial charge in [-0.2, -0.15) is 0 Å². The van der Waals surface area contributed by atoms with E-state index in [1.807, 2.05) is 18.2 Å². The average molecular weight is 163 g/mol. The molecule has 0 aliphatic carbocycles. The summed E-state index contributed by atoms with van der Waals surface area (Å²) in [7, 11) is 0. The molecule has 2 rings (SSSR count). The maximum Gasteiger partial charge on any atom is 0.141 e. The molecule has 0 atom stereocenters. The van der Waals surface area contributed by atoms with Gasteiger partial charge in [-0.05, 0) is 6.07 Å². The Morgan fingerprint density at radius 1 is 1.33 bits per heavy atom. The van der Waals surface area contributed by atoms with Crippen LogP contribution in [0.3, 0.4) is 0 Å². The lowest BCUT2D eigenvalue weighted by Gasteiger charge is -2.21. The Kier molecular flexibility index (Phi) is 1.52. The predicted octanol–water partition coefficient (Wildman–Crippen LogP) is 1.61. The van der Waals surface area contributed by atoms with Gasteiger partial charge >= 0.3 is 0 Å². The van der Waals surface area contributed by atoms with Crippen molar-refractivity contribution < 1.29 is 10.3 Å². The van der Waals surface area contributed by atoms with E-state index in [1.165, 1.54) is 0 Å². The molecule has 0 radical (unpaired) electrons. The summed E-state index contributed by atoms with van der Waals surface area (Å²) in [6.45, 7) is 0.421. The van der Waals surface area contributed by atoms with Crippen LogP contribution in [-0.4, -0.2) is 16.9 Å². The van der Waals surface area contributed by atoms with Gasteiger partial charge in [0.15, 0.2) is 0 Å². The largest absolute Gasteiger partial charge is 0.506 e. The maximum absolute atomic E-state index is 9.39. The van der Waals surface area contributed by atoms with Crippen molar-refractivity contribution in [3.05, 3.63) is 29.8 Å². The van der Waals surface area contributed by atoms with Crippen molar-refractivity contribution in [2.45, 2.75) is 0 Å². The van der Waals surface area contributed by atoms with Crippen LogP contribution in [0.5, 0.6) is 5.75 Å². The highest BCUT2D eigenvalue weighted by Crippen LogP contribution is 2.33. The lowest BCUT2D eigenvalue weighted by atomic mass is 10.1. The van der Waals surface area contributed by atoms with Crippen LogP contribution in [0.15, 0.2) is 24.3 Å². The van der Waals surface area contributed by atoms with E-state index in [2.05, 4.69) is 0 Å². The summed E-state index contributed by atoms with van der Waals surface area (Å²) in [5.74, 6) is 0.111. The van der Waals surface area contributed by atoms with Gasteiger partial charge in [0.05, 0.1) is 6.54 Å². The van der Waals surface area contributed by atoms with Crippen molar-refractivity contribution in [1.29, 1.82) is 0 Å². The standard InChI is InChI=1S/C9H9NO2/c11-8-5-1-3-7-4-2-6-10(12)9(7)8/h1-5,11-12H,6H2. The molecule has 0 saturated heterocycles. The fraction of sp³-hybridized carbons (Fsp3) is 0.111. The van der Waals surface area contributed by atoms with Crippen LogP contribution < -0.4 is 5.06 Å². The van der Waals surface area contributed by atoms with Crippen LogP contribution >= 0.6 is 0 Å². The molecule has 1 aromatic carbocycles. The highest BCUT2D eigenvalue weighted by atomic mass is 16.5. The minimum absolute atomic E-state index is 0.111. The fourth-order valence-electron chi connectivity index (χ4n) is 1.34. The van der Waals surface area contributed by atoms with E-state index in [1.54, 1.807) is 12.1 Å². The molecule has 62 valence electrons. The number of aromatic hydroxyl groups is 1. The van der Waals surface area contributed by atoms with Gasteiger partial charge in [0, 0.05) is 5.56 Å². The second-order valence-corrected chi connectivity index (χ2v) is 2.70.